The van der Waals surface area contributed by atoms with Crippen LogP contribution in [0.2, 0.25) is 0 Å². The van der Waals surface area contributed by atoms with Crippen LogP contribution in [0, 0.1) is 5.82 Å². The highest BCUT2D eigenvalue weighted by Crippen LogP contribution is 2.21. The highest BCUT2D eigenvalue weighted by Gasteiger charge is 2.31. The van der Waals surface area contributed by atoms with Gasteiger partial charge in [-0.05, 0) is 59.6 Å². The molecule has 0 bridgehead atoms. The van der Waals surface area contributed by atoms with E-state index in [4.69, 9.17) is 0 Å². The number of halogens is 1. The van der Waals surface area contributed by atoms with Crippen molar-refractivity contribution < 1.29 is 14.0 Å². The van der Waals surface area contributed by atoms with Crippen LogP contribution in [0.5, 0.6) is 0 Å². The molecule has 4 rings (SSSR count). The summed E-state index contributed by atoms with van der Waals surface area (Å²) in [5, 5.41) is 3.27. The van der Waals surface area contributed by atoms with E-state index in [0.717, 1.165) is 42.4 Å². The Hall–Kier alpha value is -3.47. The van der Waals surface area contributed by atoms with E-state index in [0.29, 0.717) is 25.2 Å². The predicted molar refractivity (Wildman–Crippen MR) is 155 cm³/mol. The number of nitrogens with one attached hydrogen (secondary N) is 1. The molecular formula is C34H41FN2O2. The topological polar surface area (TPSA) is 49.4 Å². The summed E-state index contributed by atoms with van der Waals surface area (Å²) in [4.78, 5) is 29.4. The molecule has 1 aliphatic rings. The minimum Gasteiger partial charge on any atom is -0.352 e. The fourth-order valence-corrected chi connectivity index (χ4v) is 5.35. The molecular weight excluding hydrogens is 487 g/mol. The average molecular weight is 529 g/mol. The van der Waals surface area contributed by atoms with Gasteiger partial charge in [0, 0.05) is 25.4 Å². The van der Waals surface area contributed by atoms with Crippen molar-refractivity contribution in [2.45, 2.75) is 89.8 Å². The van der Waals surface area contributed by atoms with Crippen molar-refractivity contribution in [1.29, 1.82) is 0 Å². The molecule has 206 valence electrons. The number of amides is 2. The first-order chi connectivity index (χ1) is 18.9. The Kier molecular flexibility index (Phi) is 10.3. The first-order valence-corrected chi connectivity index (χ1v) is 14.4. The average Bonchev–Trinajstić information content (AvgIpc) is 2.96. The van der Waals surface area contributed by atoms with Crippen molar-refractivity contribution in [3.8, 4) is 0 Å². The Balaban J connectivity index is 1.58. The van der Waals surface area contributed by atoms with Gasteiger partial charge < -0.3 is 10.2 Å². The van der Waals surface area contributed by atoms with Gasteiger partial charge in [0.05, 0.1) is 0 Å². The number of rotatable bonds is 11. The fraction of sp³-hybridized carbons (Fsp3) is 0.412. The summed E-state index contributed by atoms with van der Waals surface area (Å²) in [7, 11) is 0. The highest BCUT2D eigenvalue weighted by molar-refractivity contribution is 5.88. The van der Waals surface area contributed by atoms with Gasteiger partial charge in [-0.2, -0.15) is 0 Å². The van der Waals surface area contributed by atoms with Gasteiger partial charge >= 0.3 is 0 Å². The number of carbonyl (C=O) groups excluding carboxylic acids is 2. The van der Waals surface area contributed by atoms with E-state index in [9.17, 15) is 14.0 Å². The van der Waals surface area contributed by atoms with Gasteiger partial charge in [0.1, 0.15) is 11.9 Å². The summed E-state index contributed by atoms with van der Waals surface area (Å²) < 4.78 is 13.7. The van der Waals surface area contributed by atoms with Gasteiger partial charge in [-0.15, -0.1) is 0 Å². The predicted octanol–water partition coefficient (Wildman–Crippen LogP) is 6.97. The second-order valence-corrected chi connectivity index (χ2v) is 11.1. The zero-order valence-electron chi connectivity index (χ0n) is 23.2. The van der Waals surface area contributed by atoms with E-state index in [1.807, 2.05) is 30.3 Å². The van der Waals surface area contributed by atoms with E-state index >= 15 is 0 Å². The smallest absolute Gasteiger partial charge is 0.243 e. The second kappa shape index (κ2) is 14.1. The molecule has 0 aliphatic heterocycles. The van der Waals surface area contributed by atoms with Crippen LogP contribution in [0.1, 0.15) is 80.5 Å². The molecule has 0 heterocycles. The minimum absolute atomic E-state index is 0.0769. The van der Waals surface area contributed by atoms with Crippen molar-refractivity contribution in [2.75, 3.05) is 0 Å². The Morgan fingerprint density at radius 3 is 2.13 bits per heavy atom. The van der Waals surface area contributed by atoms with Gasteiger partial charge in [0.2, 0.25) is 11.8 Å². The van der Waals surface area contributed by atoms with Crippen molar-refractivity contribution in [3.05, 3.63) is 107 Å². The Labute approximate surface area is 232 Å². The summed E-state index contributed by atoms with van der Waals surface area (Å²) in [6, 6.07) is 24.0. The Bertz CT molecular complexity index is 1190. The van der Waals surface area contributed by atoms with Crippen molar-refractivity contribution >= 4 is 11.8 Å². The molecule has 1 unspecified atom stereocenters. The first-order valence-electron chi connectivity index (χ1n) is 14.4. The quantitative estimate of drug-likeness (QED) is 0.292. The van der Waals surface area contributed by atoms with Gasteiger partial charge in [0.25, 0.3) is 0 Å². The third kappa shape index (κ3) is 8.51. The van der Waals surface area contributed by atoms with Crippen molar-refractivity contribution in [1.82, 2.24) is 10.2 Å². The normalized spacial score (nSPS) is 14.7. The maximum atomic E-state index is 13.9. The lowest BCUT2D eigenvalue weighted by Gasteiger charge is -2.33. The summed E-state index contributed by atoms with van der Waals surface area (Å²) in [5.41, 5.74) is 4.17. The molecule has 3 aromatic rings. The zero-order chi connectivity index (χ0) is 27.6. The third-order valence-corrected chi connectivity index (χ3v) is 7.76. The lowest BCUT2D eigenvalue weighted by Crippen LogP contribution is -2.52. The molecule has 39 heavy (non-hydrogen) atoms. The number of benzene rings is 3. The lowest BCUT2D eigenvalue weighted by atomic mass is 9.94. The van der Waals surface area contributed by atoms with Crippen LogP contribution in [0.4, 0.5) is 4.39 Å². The largest absolute Gasteiger partial charge is 0.352 e. The minimum atomic E-state index is -0.657. The molecule has 3 aromatic carbocycles. The summed E-state index contributed by atoms with van der Waals surface area (Å²) in [6.07, 6.45) is 6.70. The molecule has 0 aromatic heterocycles. The number of hydrogen-bond acceptors (Lipinski definition) is 2. The molecule has 5 heteroatoms. The highest BCUT2D eigenvalue weighted by atomic mass is 19.1. The lowest BCUT2D eigenvalue weighted by molar-refractivity contribution is -0.141. The molecule has 1 aliphatic carbocycles. The number of aryl methyl sites for hydroxylation is 1. The SMILES string of the molecule is CC(C)c1ccc(CCC(=O)N(Cc2ccc(F)cc2)C(Cc2ccccc2)C(=O)NC2CCCCC2)cc1. The van der Waals surface area contributed by atoms with Crippen LogP contribution in [0.3, 0.4) is 0 Å². The van der Waals surface area contributed by atoms with E-state index in [2.05, 4.69) is 43.4 Å². The van der Waals surface area contributed by atoms with E-state index in [-0.39, 0.29) is 30.2 Å². The van der Waals surface area contributed by atoms with E-state index < -0.39 is 6.04 Å². The molecule has 0 saturated heterocycles. The number of carbonyl (C=O) groups is 2. The maximum Gasteiger partial charge on any atom is 0.243 e. The van der Waals surface area contributed by atoms with Crippen LogP contribution < -0.4 is 5.32 Å². The molecule has 1 atom stereocenters. The second-order valence-electron chi connectivity index (χ2n) is 11.1. The molecule has 1 N–H and O–H groups in total. The van der Waals surface area contributed by atoms with Crippen LogP contribution in [0.15, 0.2) is 78.9 Å². The van der Waals surface area contributed by atoms with Gasteiger partial charge in [-0.25, -0.2) is 4.39 Å². The number of hydrogen-bond donors (Lipinski definition) is 1. The summed E-state index contributed by atoms with van der Waals surface area (Å²) in [6.45, 7) is 4.58. The van der Waals surface area contributed by atoms with Crippen LogP contribution >= 0.6 is 0 Å². The molecule has 0 radical (unpaired) electrons. The summed E-state index contributed by atoms with van der Waals surface area (Å²) in [5.74, 6) is -0.0554. The van der Waals surface area contributed by atoms with Crippen LogP contribution in [-0.4, -0.2) is 28.8 Å². The van der Waals surface area contributed by atoms with Gasteiger partial charge in [-0.3, -0.25) is 9.59 Å². The molecule has 0 spiro atoms. The summed E-state index contributed by atoms with van der Waals surface area (Å²) >= 11 is 0. The van der Waals surface area contributed by atoms with Gasteiger partial charge in [-0.1, -0.05) is 99.8 Å². The number of nitrogens with zero attached hydrogens (tertiary/aromatic N) is 1. The third-order valence-electron chi connectivity index (χ3n) is 7.76. The zero-order valence-corrected chi connectivity index (χ0v) is 23.2. The van der Waals surface area contributed by atoms with E-state index in [1.165, 1.54) is 24.1 Å². The standard InChI is InChI=1S/C34H41FN2O2/c1-25(2)29-18-13-26(14-19-29)17-22-33(38)37(24-28-15-20-30(35)21-16-28)32(23-27-9-5-3-6-10-27)34(39)36-31-11-7-4-8-12-31/h3,5-6,9-10,13-16,18-21,25,31-32H,4,7-8,11-12,17,22-24H2,1-2H3,(H,36,39). The molecule has 2 amide bonds. The van der Waals surface area contributed by atoms with Crippen LogP contribution in [-0.2, 0) is 29.0 Å². The van der Waals surface area contributed by atoms with Crippen molar-refractivity contribution in [2.24, 2.45) is 0 Å². The van der Waals surface area contributed by atoms with Crippen LogP contribution in [0.25, 0.3) is 0 Å². The monoisotopic (exact) mass is 528 g/mol. The molecule has 1 saturated carbocycles. The Morgan fingerprint density at radius 1 is 0.846 bits per heavy atom. The van der Waals surface area contributed by atoms with Gasteiger partial charge in [0.15, 0.2) is 0 Å². The molecule has 1 fully saturated rings. The Morgan fingerprint density at radius 2 is 1.49 bits per heavy atom. The first kappa shape index (κ1) is 28.5. The fourth-order valence-electron chi connectivity index (χ4n) is 5.35. The van der Waals surface area contributed by atoms with Crippen molar-refractivity contribution in [3.63, 3.8) is 0 Å². The van der Waals surface area contributed by atoms with E-state index in [1.54, 1.807) is 17.0 Å². The maximum absolute atomic E-state index is 13.9. The molecule has 4 nitrogen and oxygen atoms in total.